The fraction of sp³-hybridized carbons (Fsp3) is 0.150. The second-order valence-electron chi connectivity index (χ2n) is 12.4. The predicted octanol–water partition coefficient (Wildman–Crippen LogP) is 9.28. The van der Waals surface area contributed by atoms with Gasteiger partial charge in [0, 0.05) is 38.2 Å². The molecule has 0 amide bonds. The number of rotatable bonds is 3. The number of alkyl halides is 12. The van der Waals surface area contributed by atoms with Gasteiger partial charge in [0.1, 0.15) is 0 Å². The summed E-state index contributed by atoms with van der Waals surface area (Å²) in [5.74, 6) is 0. The zero-order chi connectivity index (χ0) is 42.9. The van der Waals surface area contributed by atoms with Crippen LogP contribution in [0.2, 0.25) is 0 Å². The molecule has 0 fully saturated rings. The average molecular weight is 1020 g/mol. The Morgan fingerprint density at radius 1 is 0.550 bits per heavy atom. The molecule has 0 spiro atoms. The van der Waals surface area contributed by atoms with E-state index in [9.17, 15) is 52.7 Å². The van der Waals surface area contributed by atoms with Gasteiger partial charge >= 0.3 is 24.7 Å². The van der Waals surface area contributed by atoms with E-state index in [0.29, 0.717) is 34.2 Å². The molecule has 0 saturated carbocycles. The maximum absolute atomic E-state index is 13.3. The number of imidazole rings is 2. The number of halogens is 12. The molecular weight excluding hydrogens is 999 g/mol. The molecule has 8 rings (SSSR count). The molecule has 0 aliphatic carbocycles. The van der Waals surface area contributed by atoms with Crippen molar-refractivity contribution in [2.24, 2.45) is 14.1 Å². The van der Waals surface area contributed by atoms with Crippen LogP contribution in [0.5, 0.6) is 0 Å². The minimum Gasteiger partial charge on any atom is -0.574 e. The summed E-state index contributed by atoms with van der Waals surface area (Å²) in [7, 11) is 3.16. The Kier molecular flexibility index (Phi) is 13.0. The molecule has 0 unspecified atom stereocenters. The van der Waals surface area contributed by atoms with Gasteiger partial charge in [0.05, 0.1) is 36.2 Å². The standard InChI is InChI=1S/2C16H9F6N2.C8H6N3.Ir/c2*1-23-9-24(14-5-3-2-4-13(14)23)12-7-6-10(15(17,18)19)8-11(12)16(20,21)22;1-2-5-9-7(3-1)8-4-6-10-11-8;/h2*2-6,8H,1H3;1-6H;/q3*-1;. The van der Waals surface area contributed by atoms with Crippen LogP contribution in [0.25, 0.3) is 44.8 Å². The van der Waals surface area contributed by atoms with Crippen molar-refractivity contribution in [3.63, 3.8) is 0 Å². The molecule has 7 nitrogen and oxygen atoms in total. The van der Waals surface area contributed by atoms with Gasteiger partial charge in [0.15, 0.2) is 0 Å². The number of pyridine rings is 1. The third-order valence-electron chi connectivity index (χ3n) is 8.41. The second kappa shape index (κ2) is 17.3. The van der Waals surface area contributed by atoms with E-state index in [1.165, 1.54) is 9.13 Å². The molecule has 4 aromatic carbocycles. The molecule has 315 valence electrons. The molecular formula is C40H24F12IrN7-3. The van der Waals surface area contributed by atoms with Gasteiger partial charge in [-0.05, 0) is 12.1 Å². The number of aryl methyl sites for hydroxylation is 2. The minimum absolute atomic E-state index is 0. The molecule has 60 heavy (non-hydrogen) atoms. The molecule has 0 N–H and O–H groups in total. The van der Waals surface area contributed by atoms with Gasteiger partial charge in [-0.2, -0.15) is 89.1 Å². The third-order valence-corrected chi connectivity index (χ3v) is 8.41. The summed E-state index contributed by atoms with van der Waals surface area (Å²) < 4.78 is 161. The molecule has 8 aromatic rings. The SMILES string of the molecule is C[n+]1[c-]n(-c2[c-]cc(C(F)(F)F)cc2C(F)(F)F)c2ccccc21.C[n+]1[c-]n(-c2[c-]cc(C(F)(F)F)cc2C(F)(F)F)c2ccccc21.[Ir].c1ccc(-c2ccn[n-]2)nc1. The number of nitrogens with zero attached hydrogens (tertiary/aromatic N) is 7. The fourth-order valence-corrected chi connectivity index (χ4v) is 5.72. The largest absolute Gasteiger partial charge is 0.574 e. The molecule has 0 aliphatic rings. The fourth-order valence-electron chi connectivity index (χ4n) is 5.72. The Bertz CT molecular complexity index is 2550. The Balaban J connectivity index is 0.000000180. The Morgan fingerprint density at radius 2 is 0.983 bits per heavy atom. The monoisotopic (exact) mass is 1020 g/mol. The molecule has 0 aliphatic heterocycles. The van der Waals surface area contributed by atoms with E-state index in [-0.39, 0.29) is 32.2 Å². The molecule has 0 atom stereocenters. The molecule has 1 radical (unpaired) electrons. The predicted molar refractivity (Wildman–Crippen MR) is 185 cm³/mol. The maximum atomic E-state index is 13.3. The summed E-state index contributed by atoms with van der Waals surface area (Å²) in [5, 5.41) is 7.58. The quantitative estimate of drug-likeness (QED) is 0.101. The number of hydrogen-bond acceptors (Lipinski definition) is 2. The summed E-state index contributed by atoms with van der Waals surface area (Å²) >= 11 is 0. The van der Waals surface area contributed by atoms with Crippen LogP contribution in [0.15, 0.2) is 109 Å². The van der Waals surface area contributed by atoms with Crippen LogP contribution < -0.4 is 14.2 Å². The van der Waals surface area contributed by atoms with Crippen LogP contribution in [-0.2, 0) is 58.9 Å². The zero-order valence-corrected chi connectivity index (χ0v) is 32.8. The average Bonchev–Trinajstić information content (AvgIpc) is 3.93. The van der Waals surface area contributed by atoms with Crippen molar-refractivity contribution in [1.29, 1.82) is 0 Å². The van der Waals surface area contributed by atoms with E-state index >= 15 is 0 Å². The van der Waals surface area contributed by atoms with E-state index in [1.807, 2.05) is 24.3 Å². The first-order chi connectivity index (χ1) is 27.6. The zero-order valence-electron chi connectivity index (χ0n) is 30.4. The van der Waals surface area contributed by atoms with Crippen molar-refractivity contribution in [2.75, 3.05) is 0 Å². The molecule has 0 saturated heterocycles. The van der Waals surface area contributed by atoms with Crippen molar-refractivity contribution < 1.29 is 81.9 Å². The maximum Gasteiger partial charge on any atom is 0.370 e. The summed E-state index contributed by atoms with van der Waals surface area (Å²) in [5.41, 5.74) is -3.11. The van der Waals surface area contributed by atoms with Gasteiger partial charge in [-0.25, -0.2) is 0 Å². The van der Waals surface area contributed by atoms with Crippen LogP contribution in [0.4, 0.5) is 52.7 Å². The van der Waals surface area contributed by atoms with Crippen LogP contribution in [0.1, 0.15) is 22.3 Å². The van der Waals surface area contributed by atoms with E-state index in [1.54, 1.807) is 75.0 Å². The third kappa shape index (κ3) is 9.88. The minimum atomic E-state index is -4.97. The van der Waals surface area contributed by atoms with Gasteiger partial charge in [0.2, 0.25) is 12.7 Å². The molecule has 20 heteroatoms. The van der Waals surface area contributed by atoms with Crippen LogP contribution in [0, 0.1) is 24.8 Å². The van der Waals surface area contributed by atoms with E-state index in [2.05, 4.69) is 40.0 Å². The van der Waals surface area contributed by atoms with Crippen molar-refractivity contribution in [1.82, 2.24) is 24.3 Å². The van der Waals surface area contributed by atoms with Crippen molar-refractivity contribution in [3.05, 3.63) is 156 Å². The Morgan fingerprint density at radius 3 is 1.35 bits per heavy atom. The van der Waals surface area contributed by atoms with Crippen LogP contribution in [0.3, 0.4) is 0 Å². The van der Waals surface area contributed by atoms with Gasteiger partial charge in [0.25, 0.3) is 0 Å². The number of para-hydroxylation sites is 4. The van der Waals surface area contributed by atoms with E-state index in [4.69, 9.17) is 0 Å². The first kappa shape index (κ1) is 45.1. The van der Waals surface area contributed by atoms with Crippen LogP contribution in [-0.4, -0.2) is 19.2 Å². The Labute approximate surface area is 345 Å². The molecule has 0 bridgehead atoms. The van der Waals surface area contributed by atoms with Crippen LogP contribution >= 0.6 is 0 Å². The number of aromatic nitrogens is 7. The number of fused-ring (bicyclic) bond motifs is 2. The summed E-state index contributed by atoms with van der Waals surface area (Å²) in [4.78, 5) is 4.12. The normalized spacial score (nSPS) is 12.0. The summed E-state index contributed by atoms with van der Waals surface area (Å²) in [6, 6.07) is 26.0. The molecule has 4 heterocycles. The van der Waals surface area contributed by atoms with Gasteiger partial charge < -0.3 is 28.5 Å². The number of hydrogen-bond donors (Lipinski definition) is 0. The topological polar surface area (TPSA) is 57.5 Å². The Hall–Kier alpha value is -6.01. The first-order valence-electron chi connectivity index (χ1n) is 16.7. The second-order valence-corrected chi connectivity index (χ2v) is 12.4. The first-order valence-corrected chi connectivity index (χ1v) is 16.7. The van der Waals surface area contributed by atoms with E-state index in [0.717, 1.165) is 20.5 Å². The summed E-state index contributed by atoms with van der Waals surface area (Å²) in [6.07, 6.45) is -11.0. The summed E-state index contributed by atoms with van der Waals surface area (Å²) in [6.45, 7) is 0. The number of benzene rings is 4. The van der Waals surface area contributed by atoms with Crippen molar-refractivity contribution in [3.8, 4) is 22.8 Å². The van der Waals surface area contributed by atoms with Crippen molar-refractivity contribution in [2.45, 2.75) is 24.7 Å². The van der Waals surface area contributed by atoms with Gasteiger partial charge in [-0.1, -0.05) is 100.0 Å². The van der Waals surface area contributed by atoms with Gasteiger partial charge in [-0.15, -0.1) is 0 Å². The van der Waals surface area contributed by atoms with Gasteiger partial charge in [-0.3, -0.25) is 4.98 Å². The smallest absolute Gasteiger partial charge is 0.370 e. The van der Waals surface area contributed by atoms with Crippen molar-refractivity contribution >= 4 is 22.1 Å². The van der Waals surface area contributed by atoms with E-state index < -0.39 is 58.3 Å². The molecule has 4 aromatic heterocycles.